The molecule has 0 aromatic carbocycles. The molecule has 1 aliphatic rings. The van der Waals surface area contributed by atoms with Gasteiger partial charge >= 0.3 is 0 Å². The Balaban J connectivity index is 2.34. The second-order valence-electron chi connectivity index (χ2n) is 7.29. The zero-order chi connectivity index (χ0) is 16.5. The quantitative estimate of drug-likeness (QED) is 0.793. The average molecular weight is 306 g/mol. The van der Waals surface area contributed by atoms with E-state index in [9.17, 15) is 9.90 Å². The Kier molecular flexibility index (Phi) is 4.70. The largest absolute Gasteiger partial charge is 0.393 e. The van der Waals surface area contributed by atoms with Gasteiger partial charge in [0.15, 0.2) is 0 Å². The highest BCUT2D eigenvalue weighted by atomic mass is 16.3. The minimum absolute atomic E-state index is 0.0391. The Morgan fingerprint density at radius 3 is 2.64 bits per heavy atom. The molecule has 0 spiro atoms. The van der Waals surface area contributed by atoms with Gasteiger partial charge in [0.1, 0.15) is 0 Å². The lowest BCUT2D eigenvalue weighted by atomic mass is 9.78. The van der Waals surface area contributed by atoms with Gasteiger partial charge in [0.05, 0.1) is 17.4 Å². The summed E-state index contributed by atoms with van der Waals surface area (Å²) in [5.74, 6) is 0.283. The van der Waals surface area contributed by atoms with Crippen LogP contribution in [-0.2, 0) is 0 Å². The van der Waals surface area contributed by atoms with Gasteiger partial charge in [-0.1, -0.05) is 6.92 Å². The number of aliphatic hydroxyl groups excluding tert-OH is 1. The first-order valence-electron chi connectivity index (χ1n) is 7.80. The van der Waals surface area contributed by atoms with Crippen LogP contribution in [0, 0.1) is 5.92 Å². The summed E-state index contributed by atoms with van der Waals surface area (Å²) in [6.07, 6.45) is 3.53. The third kappa shape index (κ3) is 3.94. The molecule has 1 aromatic rings. The lowest BCUT2D eigenvalue weighted by Gasteiger charge is -2.31. The van der Waals surface area contributed by atoms with Crippen LogP contribution in [0.4, 0.5) is 5.95 Å². The van der Waals surface area contributed by atoms with Gasteiger partial charge < -0.3 is 16.2 Å². The van der Waals surface area contributed by atoms with E-state index in [1.54, 1.807) is 0 Å². The van der Waals surface area contributed by atoms with E-state index in [1.165, 1.54) is 6.20 Å². The number of aliphatic hydroxyl groups is 1. The summed E-state index contributed by atoms with van der Waals surface area (Å²) in [4.78, 5) is 20.4. The molecule has 3 atom stereocenters. The molecule has 0 bridgehead atoms. The fourth-order valence-electron chi connectivity index (χ4n) is 2.84. The van der Waals surface area contributed by atoms with E-state index in [2.05, 4.69) is 15.3 Å². The van der Waals surface area contributed by atoms with Gasteiger partial charge in [0, 0.05) is 17.7 Å². The normalized spacial score (nSPS) is 25.8. The number of amides is 1. The Bertz CT molecular complexity index is 554. The van der Waals surface area contributed by atoms with Gasteiger partial charge in [-0.25, -0.2) is 9.97 Å². The number of carbonyl (C=O) groups excluding carboxylic acids is 1. The van der Waals surface area contributed by atoms with Crippen molar-refractivity contribution in [1.29, 1.82) is 0 Å². The number of aromatic nitrogens is 2. The van der Waals surface area contributed by atoms with Gasteiger partial charge in [0.2, 0.25) is 5.95 Å². The smallest absolute Gasteiger partial charge is 0.252 e. The highest BCUT2D eigenvalue weighted by Gasteiger charge is 2.30. The zero-order valence-corrected chi connectivity index (χ0v) is 13.8. The highest BCUT2D eigenvalue weighted by molar-refractivity contribution is 5.93. The Hall–Kier alpha value is -1.69. The van der Waals surface area contributed by atoms with Crippen LogP contribution in [-0.4, -0.2) is 32.6 Å². The molecule has 6 nitrogen and oxygen atoms in total. The van der Waals surface area contributed by atoms with E-state index in [1.807, 2.05) is 27.7 Å². The molecule has 1 saturated carbocycles. The third-order valence-corrected chi connectivity index (χ3v) is 4.11. The number of primary amides is 1. The monoisotopic (exact) mass is 306 g/mol. The maximum atomic E-state index is 11.7. The maximum absolute atomic E-state index is 11.7. The lowest BCUT2D eigenvalue weighted by Crippen LogP contribution is -2.30. The Labute approximate surface area is 131 Å². The molecular weight excluding hydrogens is 280 g/mol. The predicted octanol–water partition coefficient (Wildman–Crippen LogP) is 2.05. The number of hydrogen-bond acceptors (Lipinski definition) is 5. The van der Waals surface area contributed by atoms with Crippen molar-refractivity contribution in [3.8, 4) is 0 Å². The standard InChI is InChI=1S/C16H26N4O2/c1-9-5-6-10(7-12(9)21)13-11(14(17)22)8-18-15(19-13)20-16(2,3)4/h8-10,12,21H,5-7H2,1-4H3,(H2,17,22)(H,18,19,20)/t9-,10-,12-/m1/s1. The molecule has 2 rings (SSSR count). The van der Waals surface area contributed by atoms with Crippen molar-refractivity contribution in [3.63, 3.8) is 0 Å². The topological polar surface area (TPSA) is 101 Å². The van der Waals surface area contributed by atoms with Crippen LogP contribution in [0.3, 0.4) is 0 Å². The molecule has 1 amide bonds. The van der Waals surface area contributed by atoms with Gasteiger partial charge in [-0.2, -0.15) is 0 Å². The zero-order valence-electron chi connectivity index (χ0n) is 13.8. The van der Waals surface area contributed by atoms with Gasteiger partial charge in [-0.15, -0.1) is 0 Å². The summed E-state index contributed by atoms with van der Waals surface area (Å²) in [7, 11) is 0. The fraction of sp³-hybridized carbons (Fsp3) is 0.688. The number of nitrogens with one attached hydrogen (secondary N) is 1. The molecule has 4 N–H and O–H groups in total. The summed E-state index contributed by atoms with van der Waals surface area (Å²) >= 11 is 0. The van der Waals surface area contributed by atoms with Crippen LogP contribution in [0.15, 0.2) is 6.20 Å². The van der Waals surface area contributed by atoms with Crippen LogP contribution >= 0.6 is 0 Å². The summed E-state index contributed by atoms with van der Waals surface area (Å²) in [6, 6.07) is 0. The lowest BCUT2D eigenvalue weighted by molar-refractivity contribution is 0.0684. The molecule has 22 heavy (non-hydrogen) atoms. The highest BCUT2D eigenvalue weighted by Crippen LogP contribution is 2.36. The van der Waals surface area contributed by atoms with Crippen LogP contribution in [0.25, 0.3) is 0 Å². The van der Waals surface area contributed by atoms with Crippen LogP contribution in [0.1, 0.15) is 68.9 Å². The van der Waals surface area contributed by atoms with Crippen LogP contribution in [0.5, 0.6) is 0 Å². The van der Waals surface area contributed by atoms with Gasteiger partial charge in [-0.05, 0) is 46.0 Å². The Morgan fingerprint density at radius 1 is 1.41 bits per heavy atom. The van der Waals surface area contributed by atoms with E-state index in [0.717, 1.165) is 12.8 Å². The number of carbonyl (C=O) groups is 1. The molecule has 1 heterocycles. The molecule has 0 radical (unpaired) electrons. The van der Waals surface area contributed by atoms with Crippen molar-refractivity contribution in [2.45, 2.75) is 64.5 Å². The van der Waals surface area contributed by atoms with E-state index >= 15 is 0 Å². The average Bonchev–Trinajstić information content (AvgIpc) is 2.39. The van der Waals surface area contributed by atoms with Crippen LogP contribution in [0.2, 0.25) is 0 Å². The summed E-state index contributed by atoms with van der Waals surface area (Å²) in [5.41, 5.74) is 6.29. The van der Waals surface area contributed by atoms with Gasteiger partial charge in [-0.3, -0.25) is 4.79 Å². The van der Waals surface area contributed by atoms with E-state index in [0.29, 0.717) is 23.6 Å². The van der Waals surface area contributed by atoms with Crippen molar-refractivity contribution in [1.82, 2.24) is 9.97 Å². The summed E-state index contributed by atoms with van der Waals surface area (Å²) in [6.45, 7) is 8.10. The molecule has 6 heteroatoms. The first-order chi connectivity index (χ1) is 10.2. The van der Waals surface area contributed by atoms with Crippen molar-refractivity contribution >= 4 is 11.9 Å². The summed E-state index contributed by atoms with van der Waals surface area (Å²) in [5, 5.41) is 13.3. The Morgan fingerprint density at radius 2 is 2.09 bits per heavy atom. The first-order valence-corrected chi connectivity index (χ1v) is 7.80. The second kappa shape index (κ2) is 6.20. The van der Waals surface area contributed by atoms with Crippen molar-refractivity contribution in [2.24, 2.45) is 11.7 Å². The summed E-state index contributed by atoms with van der Waals surface area (Å²) < 4.78 is 0. The van der Waals surface area contributed by atoms with E-state index in [4.69, 9.17) is 5.73 Å². The third-order valence-electron chi connectivity index (χ3n) is 4.11. The van der Waals surface area contributed by atoms with Crippen molar-refractivity contribution in [2.75, 3.05) is 5.32 Å². The van der Waals surface area contributed by atoms with E-state index < -0.39 is 5.91 Å². The number of hydrogen-bond donors (Lipinski definition) is 3. The van der Waals surface area contributed by atoms with Crippen LogP contribution < -0.4 is 11.1 Å². The number of nitrogens with two attached hydrogens (primary N) is 1. The molecule has 1 aliphatic carbocycles. The number of nitrogens with zero attached hydrogens (tertiary/aromatic N) is 2. The number of anilines is 1. The fourth-order valence-corrected chi connectivity index (χ4v) is 2.84. The maximum Gasteiger partial charge on any atom is 0.252 e. The number of rotatable bonds is 3. The molecule has 0 unspecified atom stereocenters. The van der Waals surface area contributed by atoms with Crippen molar-refractivity contribution in [3.05, 3.63) is 17.5 Å². The molecule has 0 saturated heterocycles. The predicted molar refractivity (Wildman–Crippen MR) is 85.7 cm³/mol. The first kappa shape index (κ1) is 16.7. The van der Waals surface area contributed by atoms with Gasteiger partial charge in [0.25, 0.3) is 5.91 Å². The van der Waals surface area contributed by atoms with E-state index in [-0.39, 0.29) is 23.5 Å². The second-order valence-corrected chi connectivity index (χ2v) is 7.29. The minimum Gasteiger partial charge on any atom is -0.393 e. The molecule has 122 valence electrons. The van der Waals surface area contributed by atoms with Crippen molar-refractivity contribution < 1.29 is 9.90 Å². The SMILES string of the molecule is C[C@@H]1CC[C@@H](c2nc(NC(C)(C)C)ncc2C(N)=O)C[C@H]1O. The molecule has 1 aromatic heterocycles. The molecule has 0 aliphatic heterocycles. The minimum atomic E-state index is -0.523. The molecule has 1 fully saturated rings. The molecular formula is C16H26N4O2.